The SMILES string of the molecule is COc1ccc(Cn2c(=O)n3nc(C(C)(C)C)nc3c3ncc(N4CCOCC4)cc32)cc1. The largest absolute Gasteiger partial charge is 0.497 e. The molecule has 33 heavy (non-hydrogen) atoms. The molecule has 4 heterocycles. The molecule has 0 spiro atoms. The third kappa shape index (κ3) is 3.93. The van der Waals surface area contributed by atoms with Gasteiger partial charge in [0.15, 0.2) is 11.5 Å². The zero-order chi connectivity index (χ0) is 23.2. The Balaban J connectivity index is 1.72. The number of rotatable bonds is 4. The number of fused-ring (bicyclic) bond motifs is 3. The van der Waals surface area contributed by atoms with Crippen LogP contribution < -0.4 is 15.3 Å². The molecule has 0 unspecified atom stereocenters. The first kappa shape index (κ1) is 21.4. The van der Waals surface area contributed by atoms with Gasteiger partial charge in [0.1, 0.15) is 11.3 Å². The first-order valence-electron chi connectivity index (χ1n) is 11.1. The molecule has 3 aromatic heterocycles. The molecule has 4 aromatic rings. The van der Waals surface area contributed by atoms with Crippen molar-refractivity contribution in [3.8, 4) is 5.75 Å². The van der Waals surface area contributed by atoms with Crippen LogP contribution in [0.5, 0.6) is 5.75 Å². The average molecular weight is 449 g/mol. The van der Waals surface area contributed by atoms with E-state index >= 15 is 0 Å². The maximum absolute atomic E-state index is 13.6. The van der Waals surface area contributed by atoms with Crippen LogP contribution in [0, 0.1) is 0 Å². The van der Waals surface area contributed by atoms with Crippen LogP contribution in [-0.4, -0.2) is 57.6 Å². The van der Waals surface area contributed by atoms with Crippen LogP contribution in [-0.2, 0) is 16.7 Å². The summed E-state index contributed by atoms with van der Waals surface area (Å²) in [4.78, 5) is 25.3. The van der Waals surface area contributed by atoms with Crippen LogP contribution in [0.3, 0.4) is 0 Å². The van der Waals surface area contributed by atoms with E-state index in [1.54, 1.807) is 11.7 Å². The first-order valence-corrected chi connectivity index (χ1v) is 11.1. The van der Waals surface area contributed by atoms with Crippen molar-refractivity contribution in [1.82, 2.24) is 24.1 Å². The Morgan fingerprint density at radius 2 is 1.85 bits per heavy atom. The molecule has 0 bridgehead atoms. The van der Waals surface area contributed by atoms with Crippen molar-refractivity contribution in [2.24, 2.45) is 0 Å². The summed E-state index contributed by atoms with van der Waals surface area (Å²) < 4.78 is 13.9. The summed E-state index contributed by atoms with van der Waals surface area (Å²) in [5.74, 6) is 1.39. The minimum atomic E-state index is -0.292. The monoisotopic (exact) mass is 448 g/mol. The molecular weight excluding hydrogens is 420 g/mol. The molecule has 172 valence electrons. The van der Waals surface area contributed by atoms with Crippen molar-refractivity contribution in [2.75, 3.05) is 38.3 Å². The third-order valence-corrected chi connectivity index (χ3v) is 5.92. The second-order valence-electron chi connectivity index (χ2n) is 9.30. The van der Waals surface area contributed by atoms with Gasteiger partial charge in [-0.25, -0.2) is 14.8 Å². The summed E-state index contributed by atoms with van der Waals surface area (Å²) in [6.45, 7) is 9.41. The number of hydrogen-bond donors (Lipinski definition) is 0. The van der Waals surface area contributed by atoms with Crippen LogP contribution >= 0.6 is 0 Å². The number of morpholine rings is 1. The first-order chi connectivity index (χ1) is 15.8. The van der Waals surface area contributed by atoms with Gasteiger partial charge in [0.2, 0.25) is 0 Å². The number of anilines is 1. The minimum Gasteiger partial charge on any atom is -0.497 e. The lowest BCUT2D eigenvalue weighted by atomic mass is 9.96. The van der Waals surface area contributed by atoms with Crippen LogP contribution in [0.2, 0.25) is 0 Å². The van der Waals surface area contributed by atoms with Crippen LogP contribution in [0.4, 0.5) is 5.69 Å². The molecular formula is C24H28N6O3. The van der Waals surface area contributed by atoms with Gasteiger partial charge in [-0.15, -0.1) is 5.10 Å². The summed E-state index contributed by atoms with van der Waals surface area (Å²) in [5.41, 5.74) is 3.29. The number of nitrogens with zero attached hydrogens (tertiary/aromatic N) is 6. The molecule has 0 N–H and O–H groups in total. The average Bonchev–Trinajstić information content (AvgIpc) is 3.29. The van der Waals surface area contributed by atoms with E-state index in [1.165, 1.54) is 4.52 Å². The lowest BCUT2D eigenvalue weighted by molar-refractivity contribution is 0.122. The zero-order valence-corrected chi connectivity index (χ0v) is 19.4. The number of hydrogen-bond acceptors (Lipinski definition) is 7. The number of aromatic nitrogens is 5. The van der Waals surface area contributed by atoms with Gasteiger partial charge < -0.3 is 14.4 Å². The third-order valence-electron chi connectivity index (χ3n) is 5.92. The Labute approximate surface area is 191 Å². The van der Waals surface area contributed by atoms with Crippen molar-refractivity contribution >= 4 is 22.4 Å². The highest BCUT2D eigenvalue weighted by Crippen LogP contribution is 2.25. The van der Waals surface area contributed by atoms with Crippen molar-refractivity contribution in [3.05, 3.63) is 58.4 Å². The fraction of sp³-hybridized carbons (Fsp3) is 0.417. The number of pyridine rings is 1. The molecule has 1 aliphatic heterocycles. The molecule has 9 heteroatoms. The highest BCUT2D eigenvalue weighted by molar-refractivity contribution is 5.89. The fourth-order valence-corrected chi connectivity index (χ4v) is 4.02. The molecule has 1 aliphatic rings. The molecule has 9 nitrogen and oxygen atoms in total. The molecule has 5 rings (SSSR count). The van der Waals surface area contributed by atoms with E-state index < -0.39 is 0 Å². The van der Waals surface area contributed by atoms with Gasteiger partial charge >= 0.3 is 5.69 Å². The normalized spacial score (nSPS) is 14.8. The molecule has 0 radical (unpaired) electrons. The summed E-state index contributed by atoms with van der Waals surface area (Å²) >= 11 is 0. The van der Waals surface area contributed by atoms with Crippen molar-refractivity contribution in [3.63, 3.8) is 0 Å². The summed E-state index contributed by atoms with van der Waals surface area (Å²) in [5, 5.41) is 4.56. The summed E-state index contributed by atoms with van der Waals surface area (Å²) in [7, 11) is 1.64. The highest BCUT2D eigenvalue weighted by atomic mass is 16.5. The molecule has 1 fully saturated rings. The van der Waals surface area contributed by atoms with E-state index in [9.17, 15) is 4.79 Å². The highest BCUT2D eigenvalue weighted by Gasteiger charge is 2.24. The maximum atomic E-state index is 13.6. The number of ether oxygens (including phenoxy) is 2. The quantitative estimate of drug-likeness (QED) is 0.474. The number of benzene rings is 1. The Morgan fingerprint density at radius 3 is 2.52 bits per heavy atom. The van der Waals surface area contributed by atoms with Gasteiger partial charge in [0.05, 0.1) is 44.3 Å². The maximum Gasteiger partial charge on any atom is 0.351 e. The summed E-state index contributed by atoms with van der Waals surface area (Å²) in [6.07, 6.45) is 1.85. The van der Waals surface area contributed by atoms with Crippen LogP contribution in [0.1, 0.15) is 32.2 Å². The predicted octanol–water partition coefficient (Wildman–Crippen LogP) is 2.63. The van der Waals surface area contributed by atoms with E-state index in [-0.39, 0.29) is 11.1 Å². The Kier molecular flexibility index (Phi) is 5.28. The van der Waals surface area contributed by atoms with E-state index in [0.717, 1.165) is 35.6 Å². The topological polar surface area (TPSA) is 86.8 Å². The van der Waals surface area contributed by atoms with Crippen LogP contribution in [0.25, 0.3) is 16.7 Å². The van der Waals surface area contributed by atoms with Gasteiger partial charge in [-0.3, -0.25) is 4.57 Å². The molecule has 0 atom stereocenters. The van der Waals surface area contributed by atoms with Crippen molar-refractivity contribution in [2.45, 2.75) is 32.7 Å². The Bertz CT molecular complexity index is 1360. The van der Waals surface area contributed by atoms with Gasteiger partial charge in [0.25, 0.3) is 0 Å². The van der Waals surface area contributed by atoms with Crippen molar-refractivity contribution in [1.29, 1.82) is 0 Å². The lowest BCUT2D eigenvalue weighted by Gasteiger charge is -2.28. The molecule has 0 saturated carbocycles. The standard InChI is InChI=1S/C24H28N6O3/c1-24(2,3)22-26-21-20-19(13-17(14-25-20)28-9-11-33-12-10-28)29(23(31)30(21)27-22)15-16-5-7-18(32-4)8-6-16/h5-8,13-14H,9-12,15H2,1-4H3. The van der Waals surface area contributed by atoms with E-state index in [1.807, 2.05) is 57.3 Å². The molecule has 0 amide bonds. The van der Waals surface area contributed by atoms with Gasteiger partial charge in [0, 0.05) is 18.5 Å². The van der Waals surface area contributed by atoms with E-state index in [0.29, 0.717) is 36.7 Å². The zero-order valence-electron chi connectivity index (χ0n) is 19.4. The minimum absolute atomic E-state index is 0.239. The fourth-order valence-electron chi connectivity index (χ4n) is 4.02. The van der Waals surface area contributed by atoms with Crippen LogP contribution in [0.15, 0.2) is 41.3 Å². The predicted molar refractivity (Wildman–Crippen MR) is 126 cm³/mol. The Morgan fingerprint density at radius 1 is 1.12 bits per heavy atom. The lowest BCUT2D eigenvalue weighted by Crippen LogP contribution is -2.36. The smallest absolute Gasteiger partial charge is 0.351 e. The van der Waals surface area contributed by atoms with E-state index in [2.05, 4.69) is 10.00 Å². The second kappa shape index (κ2) is 8.15. The van der Waals surface area contributed by atoms with Crippen molar-refractivity contribution < 1.29 is 9.47 Å². The van der Waals surface area contributed by atoms with Gasteiger partial charge in [-0.2, -0.15) is 4.52 Å². The molecule has 0 aliphatic carbocycles. The second-order valence-corrected chi connectivity index (χ2v) is 9.30. The van der Waals surface area contributed by atoms with Gasteiger partial charge in [-0.05, 0) is 23.8 Å². The molecule has 1 aromatic carbocycles. The molecule has 1 saturated heterocycles. The van der Waals surface area contributed by atoms with Gasteiger partial charge in [-0.1, -0.05) is 32.9 Å². The number of methoxy groups -OCH3 is 1. The Hall–Kier alpha value is -3.46. The van der Waals surface area contributed by atoms with E-state index in [4.69, 9.17) is 19.4 Å². The summed E-state index contributed by atoms with van der Waals surface area (Å²) in [6, 6.07) is 9.74.